The number of para-hydroxylation sites is 1. The number of amides is 4. The number of fused-ring (bicyclic) bond motifs is 5. The third kappa shape index (κ3) is 5.74. The molecule has 10 rings (SSSR count). The van der Waals surface area contributed by atoms with E-state index < -0.39 is 52.7 Å². The Labute approximate surface area is 366 Å². The molecule has 12 heteroatoms. The van der Waals surface area contributed by atoms with Crippen molar-refractivity contribution in [2.24, 2.45) is 36.1 Å². The quantitative estimate of drug-likeness (QED) is 0.0918. The lowest BCUT2D eigenvalue weighted by Crippen LogP contribution is -2.49. The Balaban J connectivity index is 1.04. The van der Waals surface area contributed by atoms with Gasteiger partial charge in [-0.05, 0) is 98.0 Å². The number of aromatic hydroxyl groups is 1. The van der Waals surface area contributed by atoms with Crippen molar-refractivity contribution >= 4 is 73.9 Å². The van der Waals surface area contributed by atoms with Crippen molar-refractivity contribution < 1.29 is 29.1 Å². The number of hydrogen-bond acceptors (Lipinski definition) is 8. The highest BCUT2D eigenvalue weighted by Crippen LogP contribution is 2.64. The predicted molar refractivity (Wildman–Crippen MR) is 239 cm³/mol. The van der Waals surface area contributed by atoms with Gasteiger partial charge in [0.1, 0.15) is 17.3 Å². The van der Waals surface area contributed by atoms with Crippen molar-refractivity contribution in [3.63, 3.8) is 0 Å². The van der Waals surface area contributed by atoms with E-state index in [9.17, 15) is 19.5 Å². The molecule has 4 heterocycles. The molecule has 2 aliphatic heterocycles. The van der Waals surface area contributed by atoms with Gasteiger partial charge in [0.2, 0.25) is 23.6 Å². The summed E-state index contributed by atoms with van der Waals surface area (Å²) in [6, 6.07) is 28.3. The highest BCUT2D eigenvalue weighted by molar-refractivity contribution is 7.22. The molecule has 6 aromatic rings. The van der Waals surface area contributed by atoms with Crippen molar-refractivity contribution in [2.75, 3.05) is 9.80 Å². The number of carbonyl (C=O) groups excluding carboxylic acids is 5. The molecular formula is C50H41ClN4O6S. The van der Waals surface area contributed by atoms with Crippen LogP contribution >= 0.6 is 22.9 Å². The summed E-state index contributed by atoms with van der Waals surface area (Å²) in [4.78, 5) is 76.0. The van der Waals surface area contributed by atoms with E-state index in [0.717, 1.165) is 26.1 Å². The van der Waals surface area contributed by atoms with Crippen LogP contribution in [0.25, 0.3) is 20.7 Å². The van der Waals surface area contributed by atoms with Gasteiger partial charge in [0, 0.05) is 45.4 Å². The zero-order valence-corrected chi connectivity index (χ0v) is 35.7. The summed E-state index contributed by atoms with van der Waals surface area (Å²) in [6.07, 6.45) is 4.41. The lowest BCUT2D eigenvalue weighted by molar-refractivity contribution is -0.131. The molecular weight excluding hydrogens is 820 g/mol. The number of halogens is 1. The van der Waals surface area contributed by atoms with Crippen LogP contribution in [0.4, 0.5) is 11.5 Å². The van der Waals surface area contributed by atoms with Gasteiger partial charge in [0.15, 0.2) is 5.78 Å². The number of imide groups is 2. The topological polar surface area (TPSA) is 130 Å². The third-order valence-electron chi connectivity index (χ3n) is 13.7. The number of phenols is 1. The first-order chi connectivity index (χ1) is 29.8. The number of ketones is 1. The van der Waals surface area contributed by atoms with Crippen molar-refractivity contribution in [3.8, 4) is 16.3 Å². The van der Waals surface area contributed by atoms with E-state index in [1.165, 1.54) is 9.80 Å². The monoisotopic (exact) mass is 860 g/mol. The SMILES string of the molecule is C=CCc1cccc(C2C3=CCC4C(=O)N(c5ccc(C(=O)c6ccccc6)cc5)C(=O)C4C3CC3C(=O)N(c4cc(-c5sc6ccc(Cl)cc6c5C)nn4C)C(=O)C32C)c1O. The van der Waals surface area contributed by atoms with E-state index >= 15 is 9.59 Å². The summed E-state index contributed by atoms with van der Waals surface area (Å²) in [6.45, 7) is 7.67. The first kappa shape index (κ1) is 39.7. The molecule has 6 unspecified atom stereocenters. The molecule has 310 valence electrons. The zero-order valence-electron chi connectivity index (χ0n) is 34.2. The molecule has 0 spiro atoms. The molecule has 4 aliphatic rings. The molecule has 4 aromatic carbocycles. The number of aromatic nitrogens is 2. The van der Waals surface area contributed by atoms with Crippen LogP contribution in [-0.2, 0) is 32.6 Å². The average molecular weight is 861 g/mol. The summed E-state index contributed by atoms with van der Waals surface area (Å²) in [5.74, 6) is -5.28. The van der Waals surface area contributed by atoms with Crippen molar-refractivity contribution in [3.05, 3.63) is 154 Å². The van der Waals surface area contributed by atoms with Gasteiger partial charge in [-0.2, -0.15) is 5.10 Å². The molecule has 1 N–H and O–H groups in total. The summed E-state index contributed by atoms with van der Waals surface area (Å²) in [7, 11) is 1.71. The minimum Gasteiger partial charge on any atom is -0.507 e. The normalized spacial score (nSPS) is 24.3. The fraction of sp³-hybridized carbons (Fsp3) is 0.240. The number of thiophene rings is 1. The van der Waals surface area contributed by atoms with Gasteiger partial charge in [-0.1, -0.05) is 77.9 Å². The Morgan fingerprint density at radius 1 is 0.919 bits per heavy atom. The number of aryl methyl sites for hydroxylation is 2. The Bertz CT molecular complexity index is 2970. The molecule has 0 bridgehead atoms. The van der Waals surface area contributed by atoms with Crippen LogP contribution in [0.5, 0.6) is 5.75 Å². The van der Waals surface area contributed by atoms with Gasteiger partial charge in [-0.15, -0.1) is 17.9 Å². The average Bonchev–Trinajstić information content (AvgIpc) is 3.94. The van der Waals surface area contributed by atoms with Gasteiger partial charge in [-0.3, -0.25) is 33.6 Å². The van der Waals surface area contributed by atoms with Crippen LogP contribution < -0.4 is 9.80 Å². The summed E-state index contributed by atoms with van der Waals surface area (Å²) in [5.41, 5.74) is 3.38. The molecule has 3 fully saturated rings. The second-order valence-electron chi connectivity index (χ2n) is 17.0. The predicted octanol–water partition coefficient (Wildman–Crippen LogP) is 9.36. The number of hydrogen-bond donors (Lipinski definition) is 1. The standard InChI is InChI=1S/C50H41ClN4O6S/c1-5-10-27-13-9-14-34(44(27)57)42-32-20-21-33-41(48(60)54(46(33)58)31-18-15-29(16-19-31)43(56)28-11-7-6-8-12-28)36(32)24-37-47(59)55(49(61)50(37,42)3)40-25-38(52-53(40)4)45-26(2)35-23-30(51)17-22-39(35)62-45/h5-9,11-20,22-23,25,33,36-37,41-42,57H,1,10,21,24H2,2-4H3. The Morgan fingerprint density at radius 3 is 2.40 bits per heavy atom. The van der Waals surface area contributed by atoms with Gasteiger partial charge in [-0.25, -0.2) is 4.90 Å². The maximum Gasteiger partial charge on any atom is 0.242 e. The molecule has 0 radical (unpaired) electrons. The lowest BCUT2D eigenvalue weighted by Gasteiger charge is -2.49. The number of phenolic OH excluding ortho intramolecular Hbond substituents is 1. The molecule has 6 atom stereocenters. The van der Waals surface area contributed by atoms with Crippen LogP contribution in [0.1, 0.15) is 58.3 Å². The number of carbonyl (C=O) groups is 5. The van der Waals surface area contributed by atoms with Crippen molar-refractivity contribution in [2.45, 2.75) is 39.0 Å². The maximum atomic E-state index is 15.3. The van der Waals surface area contributed by atoms with E-state index in [4.69, 9.17) is 16.7 Å². The van der Waals surface area contributed by atoms with Gasteiger partial charge in [0.05, 0.1) is 33.7 Å². The molecule has 2 saturated heterocycles. The van der Waals surface area contributed by atoms with E-state index in [-0.39, 0.29) is 30.3 Å². The highest BCUT2D eigenvalue weighted by Gasteiger charge is 2.68. The van der Waals surface area contributed by atoms with Crippen LogP contribution in [0, 0.1) is 36.0 Å². The molecule has 4 amide bonds. The van der Waals surface area contributed by atoms with E-state index in [1.54, 1.807) is 103 Å². The summed E-state index contributed by atoms with van der Waals surface area (Å²) >= 11 is 7.90. The second-order valence-corrected chi connectivity index (χ2v) is 18.5. The minimum atomic E-state index is -1.38. The minimum absolute atomic E-state index is 0.00324. The number of anilines is 2. The zero-order chi connectivity index (χ0) is 43.4. The largest absolute Gasteiger partial charge is 0.507 e. The second kappa shape index (κ2) is 14.6. The van der Waals surface area contributed by atoms with Crippen LogP contribution in [0.15, 0.2) is 121 Å². The first-order valence-corrected chi connectivity index (χ1v) is 21.8. The summed E-state index contributed by atoms with van der Waals surface area (Å²) in [5, 5.41) is 18.4. The third-order valence-corrected chi connectivity index (χ3v) is 15.3. The maximum absolute atomic E-state index is 15.3. The smallest absolute Gasteiger partial charge is 0.242 e. The molecule has 2 aromatic heterocycles. The van der Waals surface area contributed by atoms with Gasteiger partial charge < -0.3 is 5.11 Å². The number of allylic oxidation sites excluding steroid dienone is 3. The van der Waals surface area contributed by atoms with E-state index in [2.05, 4.69) is 6.58 Å². The van der Waals surface area contributed by atoms with Crippen molar-refractivity contribution in [1.29, 1.82) is 0 Å². The Morgan fingerprint density at radius 2 is 1.66 bits per heavy atom. The molecule has 1 saturated carbocycles. The lowest BCUT2D eigenvalue weighted by atomic mass is 9.51. The Hall–Kier alpha value is -6.43. The molecule has 62 heavy (non-hydrogen) atoms. The van der Waals surface area contributed by atoms with Crippen LogP contribution in [0.2, 0.25) is 5.02 Å². The van der Waals surface area contributed by atoms with Crippen molar-refractivity contribution in [1.82, 2.24) is 9.78 Å². The van der Waals surface area contributed by atoms with E-state index in [0.29, 0.717) is 50.9 Å². The van der Waals surface area contributed by atoms with E-state index in [1.807, 2.05) is 43.3 Å². The molecule has 10 nitrogen and oxygen atoms in total. The summed E-state index contributed by atoms with van der Waals surface area (Å²) < 4.78 is 2.59. The fourth-order valence-corrected chi connectivity index (χ4v) is 12.0. The van der Waals surface area contributed by atoms with Crippen LogP contribution in [-0.4, -0.2) is 44.3 Å². The fourth-order valence-electron chi connectivity index (χ4n) is 10.7. The first-order valence-electron chi connectivity index (χ1n) is 20.6. The number of nitrogens with zero attached hydrogens (tertiary/aromatic N) is 4. The van der Waals surface area contributed by atoms with Gasteiger partial charge in [0.25, 0.3) is 0 Å². The molecule has 2 aliphatic carbocycles. The number of rotatable bonds is 8. The highest BCUT2D eigenvalue weighted by atomic mass is 35.5. The van der Waals surface area contributed by atoms with Crippen LogP contribution in [0.3, 0.4) is 0 Å². The Kier molecular flexibility index (Phi) is 9.35. The van der Waals surface area contributed by atoms with Gasteiger partial charge >= 0.3 is 0 Å². The number of benzene rings is 4.